The summed E-state index contributed by atoms with van der Waals surface area (Å²) in [5, 5.41) is 38.5. The minimum atomic E-state index is -0.309. The van der Waals surface area contributed by atoms with Gasteiger partial charge in [-0.05, 0) is 54.3 Å². The average Bonchev–Trinajstić information content (AvgIpc) is 2.56. The summed E-state index contributed by atoms with van der Waals surface area (Å²) in [6, 6.07) is 8.13. The van der Waals surface area contributed by atoms with E-state index in [0.717, 1.165) is 11.1 Å². The van der Waals surface area contributed by atoms with E-state index in [9.17, 15) is 15.3 Å². The van der Waals surface area contributed by atoms with E-state index in [1.807, 2.05) is 13.0 Å². The molecule has 0 bridgehead atoms. The second-order valence-electron chi connectivity index (χ2n) is 5.30. The molecule has 0 aliphatic carbocycles. The van der Waals surface area contributed by atoms with Crippen molar-refractivity contribution in [3.63, 3.8) is 0 Å². The number of aliphatic hydroxyl groups is 1. The normalized spacial score (nSPS) is 11.5. The van der Waals surface area contributed by atoms with E-state index < -0.39 is 0 Å². The summed E-state index contributed by atoms with van der Waals surface area (Å²) in [7, 11) is 1.41. The molecule has 0 saturated heterocycles. The summed E-state index contributed by atoms with van der Waals surface area (Å²) in [5.74, 6) is -0.252. The molecule has 23 heavy (non-hydrogen) atoms. The molecular weight excluding hydrogens is 296 g/mol. The summed E-state index contributed by atoms with van der Waals surface area (Å²) < 4.78 is 5.04. The number of hydrogen-bond acceptors (Lipinski definition) is 5. The number of rotatable bonds is 5. The molecule has 0 heterocycles. The monoisotopic (exact) mass is 316 g/mol. The number of aromatic hydroxyl groups is 3. The molecule has 2 rings (SSSR count). The van der Waals surface area contributed by atoms with Crippen molar-refractivity contribution in [2.45, 2.75) is 13.3 Å². The fourth-order valence-corrected chi connectivity index (χ4v) is 2.19. The van der Waals surface area contributed by atoms with Gasteiger partial charge in [-0.1, -0.05) is 17.7 Å². The Morgan fingerprint density at radius 1 is 1.04 bits per heavy atom. The van der Waals surface area contributed by atoms with Gasteiger partial charge >= 0.3 is 0 Å². The van der Waals surface area contributed by atoms with Crippen LogP contribution in [0.4, 0.5) is 0 Å². The van der Waals surface area contributed by atoms with E-state index in [4.69, 9.17) is 9.84 Å². The van der Waals surface area contributed by atoms with Crippen molar-refractivity contribution in [1.29, 1.82) is 0 Å². The molecule has 2 aromatic rings. The summed E-state index contributed by atoms with van der Waals surface area (Å²) in [5.41, 5.74) is 2.93. The van der Waals surface area contributed by atoms with Crippen molar-refractivity contribution < 1.29 is 25.2 Å². The summed E-state index contributed by atoms with van der Waals surface area (Å²) in [4.78, 5) is 0. The lowest BCUT2D eigenvalue weighted by Crippen LogP contribution is -1.90. The molecule has 0 saturated carbocycles. The van der Waals surface area contributed by atoms with Gasteiger partial charge in [0.25, 0.3) is 0 Å². The van der Waals surface area contributed by atoms with Gasteiger partial charge in [-0.2, -0.15) is 0 Å². The first kappa shape index (κ1) is 16.7. The highest BCUT2D eigenvalue weighted by molar-refractivity contribution is 5.71. The van der Waals surface area contributed by atoms with Crippen LogP contribution in [0.2, 0.25) is 0 Å². The third-order valence-corrected chi connectivity index (χ3v) is 3.61. The molecule has 0 atom stereocenters. The van der Waals surface area contributed by atoms with Gasteiger partial charge in [0, 0.05) is 0 Å². The van der Waals surface area contributed by atoms with Crippen LogP contribution >= 0.6 is 0 Å². The molecule has 5 heteroatoms. The second-order valence-corrected chi connectivity index (χ2v) is 5.30. The molecule has 4 N–H and O–H groups in total. The maximum atomic E-state index is 9.96. The van der Waals surface area contributed by atoms with Crippen molar-refractivity contribution in [2.75, 3.05) is 13.7 Å². The Balaban J connectivity index is 2.43. The number of methoxy groups -OCH3 is 1. The quantitative estimate of drug-likeness (QED) is 0.503. The van der Waals surface area contributed by atoms with Crippen LogP contribution in [0.25, 0.3) is 11.1 Å². The first-order valence-corrected chi connectivity index (χ1v) is 7.15. The number of benzene rings is 2. The van der Waals surface area contributed by atoms with Crippen LogP contribution in [-0.2, 0) is 6.42 Å². The van der Waals surface area contributed by atoms with Gasteiger partial charge in [0.05, 0.1) is 13.7 Å². The lowest BCUT2D eigenvalue weighted by molar-refractivity contribution is 0.331. The van der Waals surface area contributed by atoms with E-state index in [2.05, 4.69) is 0 Å². The number of allylic oxidation sites excluding steroid dienone is 1. The van der Waals surface area contributed by atoms with Gasteiger partial charge in [0.2, 0.25) is 5.75 Å². The van der Waals surface area contributed by atoms with Crippen LogP contribution in [0.5, 0.6) is 23.0 Å². The average molecular weight is 316 g/mol. The van der Waals surface area contributed by atoms with Crippen LogP contribution < -0.4 is 4.74 Å². The molecule has 2 aromatic carbocycles. The van der Waals surface area contributed by atoms with Crippen molar-refractivity contribution in [3.8, 4) is 34.1 Å². The Morgan fingerprint density at radius 2 is 1.78 bits per heavy atom. The SMILES string of the molecule is COc1cc(-c2ccc(O)c(C/C=C(/C)CO)c2)cc(O)c1O. The van der Waals surface area contributed by atoms with E-state index in [1.165, 1.54) is 13.2 Å². The number of hydrogen-bond donors (Lipinski definition) is 4. The van der Waals surface area contributed by atoms with Crippen molar-refractivity contribution >= 4 is 0 Å². The maximum absolute atomic E-state index is 9.96. The molecule has 122 valence electrons. The Morgan fingerprint density at radius 3 is 2.43 bits per heavy atom. The van der Waals surface area contributed by atoms with Crippen molar-refractivity contribution in [3.05, 3.63) is 47.5 Å². The molecule has 0 aromatic heterocycles. The zero-order valence-electron chi connectivity index (χ0n) is 13.1. The van der Waals surface area contributed by atoms with E-state index >= 15 is 0 Å². The molecule has 0 unspecified atom stereocenters. The standard InChI is InChI=1S/C18H20O5/c1-11(10-19)3-4-13-7-12(5-6-15(13)20)14-8-16(21)18(22)17(9-14)23-2/h3,5-9,19-22H,4,10H2,1-2H3/b11-3-. The molecular formula is C18H20O5. The Bertz CT molecular complexity index is 734. The third-order valence-electron chi connectivity index (χ3n) is 3.61. The summed E-state index contributed by atoms with van der Waals surface area (Å²) in [6.07, 6.45) is 2.32. The van der Waals surface area contributed by atoms with Gasteiger partial charge < -0.3 is 25.2 Å². The van der Waals surface area contributed by atoms with E-state index in [0.29, 0.717) is 17.5 Å². The fraction of sp³-hybridized carbons (Fsp3) is 0.222. The Kier molecular flexibility index (Phi) is 5.13. The number of aliphatic hydroxyl groups excluding tert-OH is 1. The second kappa shape index (κ2) is 7.07. The third kappa shape index (κ3) is 3.76. The predicted molar refractivity (Wildman–Crippen MR) is 88.0 cm³/mol. The maximum Gasteiger partial charge on any atom is 0.200 e. The predicted octanol–water partition coefficient (Wildman–Crippen LogP) is 2.96. The van der Waals surface area contributed by atoms with Crippen LogP contribution in [0.3, 0.4) is 0 Å². The van der Waals surface area contributed by atoms with Crippen LogP contribution in [0.1, 0.15) is 12.5 Å². The van der Waals surface area contributed by atoms with Crippen molar-refractivity contribution in [1.82, 2.24) is 0 Å². The van der Waals surface area contributed by atoms with Gasteiger partial charge in [-0.15, -0.1) is 0 Å². The first-order chi connectivity index (χ1) is 11.0. The fourth-order valence-electron chi connectivity index (χ4n) is 2.19. The molecule has 0 spiro atoms. The highest BCUT2D eigenvalue weighted by Gasteiger charge is 2.12. The minimum absolute atomic E-state index is 0.0243. The lowest BCUT2D eigenvalue weighted by Gasteiger charge is -2.11. The smallest absolute Gasteiger partial charge is 0.200 e. The van der Waals surface area contributed by atoms with Gasteiger partial charge in [0.15, 0.2) is 11.5 Å². The molecule has 0 amide bonds. The van der Waals surface area contributed by atoms with Gasteiger partial charge in [-0.25, -0.2) is 0 Å². The van der Waals surface area contributed by atoms with Crippen LogP contribution in [-0.4, -0.2) is 34.1 Å². The molecule has 5 nitrogen and oxygen atoms in total. The Labute approximate surface area is 134 Å². The summed E-state index contributed by atoms with van der Waals surface area (Å²) >= 11 is 0. The molecule has 0 aliphatic heterocycles. The zero-order chi connectivity index (χ0) is 17.0. The lowest BCUT2D eigenvalue weighted by atomic mass is 9.99. The topological polar surface area (TPSA) is 90.2 Å². The highest BCUT2D eigenvalue weighted by Crippen LogP contribution is 2.40. The largest absolute Gasteiger partial charge is 0.508 e. The van der Waals surface area contributed by atoms with E-state index in [-0.39, 0.29) is 29.6 Å². The molecule has 0 radical (unpaired) electrons. The van der Waals surface area contributed by atoms with E-state index in [1.54, 1.807) is 24.3 Å². The minimum Gasteiger partial charge on any atom is -0.508 e. The summed E-state index contributed by atoms with van der Waals surface area (Å²) in [6.45, 7) is 1.78. The van der Waals surface area contributed by atoms with Crippen LogP contribution in [0, 0.1) is 0 Å². The highest BCUT2D eigenvalue weighted by atomic mass is 16.5. The van der Waals surface area contributed by atoms with Crippen LogP contribution in [0.15, 0.2) is 42.0 Å². The number of phenols is 3. The number of ether oxygens (including phenoxy) is 1. The van der Waals surface area contributed by atoms with Gasteiger partial charge in [0.1, 0.15) is 5.75 Å². The zero-order valence-corrected chi connectivity index (χ0v) is 13.1. The number of phenolic OH excluding ortho intramolecular Hbond substituents is 3. The molecule has 0 aliphatic rings. The molecule has 0 fully saturated rings. The Hall–Kier alpha value is -2.66. The first-order valence-electron chi connectivity index (χ1n) is 7.15. The van der Waals surface area contributed by atoms with Gasteiger partial charge in [-0.3, -0.25) is 0 Å². The van der Waals surface area contributed by atoms with Crippen molar-refractivity contribution in [2.24, 2.45) is 0 Å².